The van der Waals surface area contributed by atoms with E-state index in [0.29, 0.717) is 25.9 Å². The maximum absolute atomic E-state index is 12.4. The number of aliphatic hydroxyl groups is 2. The molecule has 0 aromatic carbocycles. The van der Waals surface area contributed by atoms with Crippen LogP contribution in [0.5, 0.6) is 0 Å². The molecular formula is C68H133NO5. The minimum Gasteiger partial charge on any atom is -0.466 e. The van der Waals surface area contributed by atoms with Crippen molar-refractivity contribution in [2.45, 2.75) is 398 Å². The van der Waals surface area contributed by atoms with Crippen molar-refractivity contribution in [3.63, 3.8) is 0 Å². The van der Waals surface area contributed by atoms with Crippen molar-refractivity contribution in [1.29, 1.82) is 0 Å². The summed E-state index contributed by atoms with van der Waals surface area (Å²) in [5, 5.41) is 23.1. The largest absolute Gasteiger partial charge is 0.466 e. The number of esters is 1. The Labute approximate surface area is 463 Å². The van der Waals surface area contributed by atoms with E-state index in [0.717, 1.165) is 38.5 Å². The van der Waals surface area contributed by atoms with Crippen LogP contribution in [0.25, 0.3) is 0 Å². The average molecular weight is 1040 g/mol. The Kier molecular flexibility index (Phi) is 62.9. The molecule has 0 heterocycles. The molecule has 0 aliphatic heterocycles. The zero-order valence-corrected chi connectivity index (χ0v) is 50.4. The van der Waals surface area contributed by atoms with Crippen LogP contribution in [0.3, 0.4) is 0 Å². The molecule has 440 valence electrons. The fourth-order valence-electron chi connectivity index (χ4n) is 10.9. The number of allylic oxidation sites excluding steroid dienone is 2. The smallest absolute Gasteiger partial charge is 0.305 e. The predicted octanol–water partition coefficient (Wildman–Crippen LogP) is 21.6. The lowest BCUT2D eigenvalue weighted by Gasteiger charge is -2.22. The standard InChI is InChI=1S/C68H133NO5/c1-3-5-7-9-11-13-14-15-16-17-29-33-36-39-42-46-50-54-58-62-68(73)74-63-59-55-51-47-43-40-37-34-31-28-26-24-22-20-18-19-21-23-25-27-30-32-35-38-41-45-49-53-57-61-67(72)69-65(64-70)66(71)60-56-52-48-44-12-10-8-6-4-2/h18,20,65-66,70-71H,3-17,19,21-64H2,1-2H3,(H,69,72)/b20-18-. The second-order valence-electron chi connectivity index (χ2n) is 23.5. The van der Waals surface area contributed by atoms with Crippen LogP contribution >= 0.6 is 0 Å². The summed E-state index contributed by atoms with van der Waals surface area (Å²) in [7, 11) is 0. The zero-order valence-electron chi connectivity index (χ0n) is 50.4. The number of carbonyl (C=O) groups excluding carboxylic acids is 2. The molecule has 1 amide bonds. The molecule has 0 bridgehead atoms. The fraction of sp³-hybridized carbons (Fsp3) is 0.941. The van der Waals surface area contributed by atoms with E-state index in [1.165, 1.54) is 315 Å². The molecule has 2 atom stereocenters. The molecule has 0 aromatic heterocycles. The van der Waals surface area contributed by atoms with Crippen LogP contribution in [-0.4, -0.2) is 47.4 Å². The lowest BCUT2D eigenvalue weighted by atomic mass is 10.0. The van der Waals surface area contributed by atoms with Gasteiger partial charge in [-0.2, -0.15) is 0 Å². The second-order valence-corrected chi connectivity index (χ2v) is 23.5. The summed E-state index contributed by atoms with van der Waals surface area (Å²) in [6.45, 7) is 4.97. The summed E-state index contributed by atoms with van der Waals surface area (Å²) < 4.78 is 5.51. The Morgan fingerprint density at radius 3 is 0.959 bits per heavy atom. The number of rotatable bonds is 64. The average Bonchev–Trinajstić information content (AvgIpc) is 3.40. The highest BCUT2D eigenvalue weighted by Crippen LogP contribution is 2.19. The highest BCUT2D eigenvalue weighted by molar-refractivity contribution is 5.76. The van der Waals surface area contributed by atoms with Crippen molar-refractivity contribution in [3.05, 3.63) is 12.2 Å². The Morgan fingerprint density at radius 2 is 0.635 bits per heavy atom. The van der Waals surface area contributed by atoms with Crippen molar-refractivity contribution in [3.8, 4) is 0 Å². The molecule has 0 aliphatic carbocycles. The first-order valence-electron chi connectivity index (χ1n) is 33.9. The first kappa shape index (κ1) is 72.6. The Morgan fingerprint density at radius 1 is 0.365 bits per heavy atom. The third kappa shape index (κ3) is 59.8. The third-order valence-electron chi connectivity index (χ3n) is 16.1. The summed E-state index contributed by atoms with van der Waals surface area (Å²) in [5.74, 6) is -0.0127. The van der Waals surface area contributed by atoms with Crippen LogP contribution in [0.2, 0.25) is 0 Å². The second kappa shape index (κ2) is 64.1. The van der Waals surface area contributed by atoms with Crippen molar-refractivity contribution in [2.75, 3.05) is 13.2 Å². The summed E-state index contributed by atoms with van der Waals surface area (Å²) in [6, 6.07) is -0.538. The van der Waals surface area contributed by atoms with Crippen LogP contribution in [0, 0.1) is 0 Å². The van der Waals surface area contributed by atoms with E-state index < -0.39 is 12.1 Å². The minimum absolute atomic E-state index is 0.0220. The maximum Gasteiger partial charge on any atom is 0.305 e. The van der Waals surface area contributed by atoms with Gasteiger partial charge in [0.1, 0.15) is 0 Å². The zero-order chi connectivity index (χ0) is 53.6. The van der Waals surface area contributed by atoms with E-state index in [1.54, 1.807) is 0 Å². The van der Waals surface area contributed by atoms with Crippen LogP contribution in [0.4, 0.5) is 0 Å². The number of amides is 1. The maximum atomic E-state index is 12.4. The van der Waals surface area contributed by atoms with Crippen LogP contribution < -0.4 is 5.32 Å². The SMILES string of the molecule is CCCCCCCCCCCCCCCCCCCCCC(=O)OCCCCCCCCCCCCCC/C=C\CCCCCCCCCCCCCCCC(=O)NC(CO)C(O)CCCCCCCCCCC. The molecule has 0 fully saturated rings. The quantitative estimate of drug-likeness (QED) is 0.0320. The molecule has 0 rings (SSSR count). The lowest BCUT2D eigenvalue weighted by Crippen LogP contribution is -2.45. The molecule has 0 radical (unpaired) electrons. The van der Waals surface area contributed by atoms with Crippen LogP contribution in [0.1, 0.15) is 386 Å². The molecule has 6 heteroatoms. The Bertz CT molecular complexity index is 1110. The van der Waals surface area contributed by atoms with Gasteiger partial charge < -0.3 is 20.3 Å². The number of hydrogen-bond donors (Lipinski definition) is 3. The van der Waals surface area contributed by atoms with Gasteiger partial charge in [-0.25, -0.2) is 0 Å². The Balaban J connectivity index is 3.31. The predicted molar refractivity (Wildman–Crippen MR) is 324 cm³/mol. The fourth-order valence-corrected chi connectivity index (χ4v) is 10.9. The summed E-state index contributed by atoms with van der Waals surface area (Å²) >= 11 is 0. The molecule has 3 N–H and O–H groups in total. The van der Waals surface area contributed by atoms with Crippen LogP contribution in [-0.2, 0) is 14.3 Å². The number of unbranched alkanes of at least 4 members (excludes halogenated alkanes) is 51. The van der Waals surface area contributed by atoms with E-state index in [-0.39, 0.29) is 18.5 Å². The minimum atomic E-state index is -0.660. The number of hydrogen-bond acceptors (Lipinski definition) is 5. The van der Waals surface area contributed by atoms with Gasteiger partial charge in [-0.3, -0.25) is 9.59 Å². The first-order valence-corrected chi connectivity index (χ1v) is 33.9. The molecule has 2 unspecified atom stereocenters. The van der Waals surface area contributed by atoms with Crippen LogP contribution in [0.15, 0.2) is 12.2 Å². The van der Waals surface area contributed by atoms with Gasteiger partial charge in [0.15, 0.2) is 0 Å². The Hall–Kier alpha value is -1.40. The van der Waals surface area contributed by atoms with Gasteiger partial charge in [-0.1, -0.05) is 334 Å². The lowest BCUT2D eigenvalue weighted by molar-refractivity contribution is -0.143. The van der Waals surface area contributed by atoms with E-state index in [1.807, 2.05) is 0 Å². The third-order valence-corrected chi connectivity index (χ3v) is 16.1. The van der Waals surface area contributed by atoms with Gasteiger partial charge in [0.05, 0.1) is 25.4 Å². The molecule has 0 spiro atoms. The van der Waals surface area contributed by atoms with Crippen molar-refractivity contribution >= 4 is 11.9 Å². The summed E-state index contributed by atoms with van der Waals surface area (Å²) in [5.41, 5.74) is 0. The first-order chi connectivity index (χ1) is 36.5. The normalized spacial score (nSPS) is 12.5. The van der Waals surface area contributed by atoms with E-state index >= 15 is 0 Å². The topological polar surface area (TPSA) is 95.9 Å². The van der Waals surface area contributed by atoms with Gasteiger partial charge in [0.2, 0.25) is 5.91 Å². The summed E-state index contributed by atoms with van der Waals surface area (Å²) in [6.07, 6.45) is 78.4. The summed E-state index contributed by atoms with van der Waals surface area (Å²) in [4.78, 5) is 24.5. The molecule has 74 heavy (non-hydrogen) atoms. The highest BCUT2D eigenvalue weighted by atomic mass is 16.5. The van der Waals surface area contributed by atoms with Gasteiger partial charge in [0, 0.05) is 12.8 Å². The molecule has 6 nitrogen and oxygen atoms in total. The van der Waals surface area contributed by atoms with E-state index in [4.69, 9.17) is 4.74 Å². The number of nitrogens with one attached hydrogen (secondary N) is 1. The number of ether oxygens (including phenoxy) is 1. The van der Waals surface area contributed by atoms with Gasteiger partial charge in [-0.05, 0) is 51.4 Å². The van der Waals surface area contributed by atoms with E-state index in [2.05, 4.69) is 31.3 Å². The monoisotopic (exact) mass is 1040 g/mol. The highest BCUT2D eigenvalue weighted by Gasteiger charge is 2.20. The van der Waals surface area contributed by atoms with Crippen molar-refractivity contribution in [2.24, 2.45) is 0 Å². The van der Waals surface area contributed by atoms with Gasteiger partial charge in [0.25, 0.3) is 0 Å². The molecular weight excluding hydrogens is 911 g/mol. The number of aliphatic hydroxyl groups excluding tert-OH is 2. The van der Waals surface area contributed by atoms with E-state index in [9.17, 15) is 19.8 Å². The molecule has 0 saturated carbocycles. The number of carbonyl (C=O) groups is 2. The molecule has 0 saturated heterocycles. The molecule has 0 aromatic rings. The van der Waals surface area contributed by atoms with Crippen molar-refractivity contribution < 1.29 is 24.5 Å². The van der Waals surface area contributed by atoms with Gasteiger partial charge >= 0.3 is 5.97 Å². The molecule has 0 aliphatic rings. The van der Waals surface area contributed by atoms with Gasteiger partial charge in [-0.15, -0.1) is 0 Å². The van der Waals surface area contributed by atoms with Crippen molar-refractivity contribution in [1.82, 2.24) is 5.32 Å².